The van der Waals surface area contributed by atoms with Gasteiger partial charge < -0.3 is 30.3 Å². The molecule has 186 valence electrons. The molecule has 1 fully saturated rings. The number of fused-ring (bicyclic) bond motifs is 3. The Morgan fingerprint density at radius 1 is 1.06 bits per heavy atom. The van der Waals surface area contributed by atoms with E-state index in [1.807, 2.05) is 24.3 Å². The number of rotatable bonds is 9. The lowest BCUT2D eigenvalue weighted by Crippen LogP contribution is -2.47. The lowest BCUT2D eigenvalue weighted by atomic mass is 9.92. The van der Waals surface area contributed by atoms with E-state index in [1.54, 1.807) is 0 Å². The molecule has 2 amide bonds. The summed E-state index contributed by atoms with van der Waals surface area (Å²) in [6, 6.07) is 16.0. The molecule has 0 saturated carbocycles. The first-order valence-electron chi connectivity index (χ1n) is 11.8. The molecule has 9 heteroatoms. The molecule has 1 heterocycles. The molecule has 0 spiro atoms. The van der Waals surface area contributed by atoms with Gasteiger partial charge in [-0.2, -0.15) is 0 Å². The van der Waals surface area contributed by atoms with Gasteiger partial charge in [0.15, 0.2) is 6.10 Å². The van der Waals surface area contributed by atoms with Crippen LogP contribution in [0.1, 0.15) is 36.3 Å². The minimum atomic E-state index is -1.52. The molecule has 1 aliphatic heterocycles. The number of aliphatic carboxylic acids is 1. The van der Waals surface area contributed by atoms with Crippen LogP contribution in [-0.2, 0) is 19.1 Å². The van der Waals surface area contributed by atoms with Crippen LogP contribution in [0.15, 0.2) is 48.5 Å². The number of alkyl carbamates (subject to hydrolysis) is 1. The molecule has 1 aliphatic carbocycles. The Hall–Kier alpha value is -3.43. The van der Waals surface area contributed by atoms with Crippen LogP contribution in [0, 0.1) is 5.92 Å². The number of aliphatic hydroxyl groups is 1. The van der Waals surface area contributed by atoms with Crippen molar-refractivity contribution in [3.8, 4) is 11.1 Å². The fourth-order valence-electron chi connectivity index (χ4n) is 4.76. The summed E-state index contributed by atoms with van der Waals surface area (Å²) in [7, 11) is 0. The van der Waals surface area contributed by atoms with Crippen molar-refractivity contribution in [2.24, 2.45) is 5.92 Å². The molecule has 1 saturated heterocycles. The summed E-state index contributed by atoms with van der Waals surface area (Å²) >= 11 is 0. The third kappa shape index (κ3) is 5.98. The van der Waals surface area contributed by atoms with E-state index in [0.717, 1.165) is 22.3 Å². The van der Waals surface area contributed by atoms with E-state index in [0.29, 0.717) is 19.6 Å². The predicted octanol–water partition coefficient (Wildman–Crippen LogP) is 2.27. The quantitative estimate of drug-likeness (QED) is 0.431. The van der Waals surface area contributed by atoms with Gasteiger partial charge in [0, 0.05) is 43.9 Å². The topological polar surface area (TPSA) is 134 Å². The van der Waals surface area contributed by atoms with Gasteiger partial charge in [0.05, 0.1) is 6.61 Å². The van der Waals surface area contributed by atoms with Gasteiger partial charge in [-0.05, 0) is 28.7 Å². The molecule has 3 unspecified atom stereocenters. The van der Waals surface area contributed by atoms with Gasteiger partial charge in [0.1, 0.15) is 6.61 Å². The predicted molar refractivity (Wildman–Crippen MR) is 127 cm³/mol. The second kappa shape index (κ2) is 11.3. The molecule has 0 radical (unpaired) electrons. The monoisotopic (exact) mass is 482 g/mol. The van der Waals surface area contributed by atoms with Gasteiger partial charge in [0.25, 0.3) is 0 Å². The number of carboxylic acid groups (broad SMARTS) is 1. The second-order valence-corrected chi connectivity index (χ2v) is 8.90. The van der Waals surface area contributed by atoms with Crippen molar-refractivity contribution >= 4 is 18.0 Å². The maximum absolute atomic E-state index is 12.7. The van der Waals surface area contributed by atoms with Crippen LogP contribution < -0.4 is 10.6 Å². The van der Waals surface area contributed by atoms with Crippen molar-refractivity contribution < 1.29 is 34.1 Å². The smallest absolute Gasteiger partial charge is 0.407 e. The summed E-state index contributed by atoms with van der Waals surface area (Å²) in [6.45, 7) is 1.04. The van der Waals surface area contributed by atoms with Crippen molar-refractivity contribution in [2.75, 3.05) is 26.4 Å². The van der Waals surface area contributed by atoms with Crippen molar-refractivity contribution in [1.29, 1.82) is 0 Å². The number of carbonyl (C=O) groups is 3. The standard InChI is InChI=1S/C26H30N2O7/c29-23(25(31)32)9-11-27-24(30)13-16-14-34-12-10-22(16)28-26(33)35-15-21-19-7-3-1-5-17(19)18-6-2-4-8-20(18)21/h1-8,16,21-23,29H,9-15H2,(H,27,30)(H,28,33)(H,31,32). The van der Waals surface area contributed by atoms with E-state index in [4.69, 9.17) is 14.6 Å². The van der Waals surface area contributed by atoms with E-state index in [2.05, 4.69) is 34.9 Å². The third-order valence-electron chi connectivity index (χ3n) is 6.59. The van der Waals surface area contributed by atoms with Crippen LogP contribution in [0.4, 0.5) is 4.79 Å². The van der Waals surface area contributed by atoms with Crippen LogP contribution in [0.2, 0.25) is 0 Å². The number of hydrogen-bond acceptors (Lipinski definition) is 6. The molecule has 0 aromatic heterocycles. The molecule has 0 bridgehead atoms. The average molecular weight is 483 g/mol. The Labute approximate surface area is 203 Å². The van der Waals surface area contributed by atoms with Gasteiger partial charge >= 0.3 is 12.1 Å². The van der Waals surface area contributed by atoms with Crippen molar-refractivity contribution in [3.05, 3.63) is 59.7 Å². The Morgan fingerprint density at radius 2 is 1.71 bits per heavy atom. The highest BCUT2D eigenvalue weighted by atomic mass is 16.5. The van der Waals surface area contributed by atoms with Gasteiger partial charge in [-0.3, -0.25) is 4.79 Å². The first-order valence-corrected chi connectivity index (χ1v) is 11.8. The van der Waals surface area contributed by atoms with E-state index < -0.39 is 18.2 Å². The molecule has 4 rings (SSSR count). The van der Waals surface area contributed by atoms with Gasteiger partial charge in [-0.1, -0.05) is 48.5 Å². The summed E-state index contributed by atoms with van der Waals surface area (Å²) in [5.74, 6) is -1.90. The molecular formula is C26H30N2O7. The number of carbonyl (C=O) groups excluding carboxylic acids is 2. The van der Waals surface area contributed by atoms with Crippen LogP contribution in [0.5, 0.6) is 0 Å². The van der Waals surface area contributed by atoms with Crippen molar-refractivity contribution in [2.45, 2.75) is 37.3 Å². The van der Waals surface area contributed by atoms with E-state index >= 15 is 0 Å². The van der Waals surface area contributed by atoms with E-state index in [9.17, 15) is 19.5 Å². The number of hydrogen-bond donors (Lipinski definition) is 4. The van der Waals surface area contributed by atoms with Gasteiger partial charge in [0.2, 0.25) is 5.91 Å². The molecule has 9 nitrogen and oxygen atoms in total. The molecule has 2 aromatic rings. The summed E-state index contributed by atoms with van der Waals surface area (Å²) < 4.78 is 11.1. The summed E-state index contributed by atoms with van der Waals surface area (Å²) in [4.78, 5) is 35.6. The lowest BCUT2D eigenvalue weighted by Gasteiger charge is -2.31. The Kier molecular flexibility index (Phi) is 7.99. The fraction of sp³-hybridized carbons (Fsp3) is 0.423. The molecule has 2 aromatic carbocycles. The molecule has 35 heavy (non-hydrogen) atoms. The zero-order valence-corrected chi connectivity index (χ0v) is 19.3. The summed E-state index contributed by atoms with van der Waals surface area (Å²) in [6.07, 6.45) is -1.47. The molecule has 3 atom stereocenters. The van der Waals surface area contributed by atoms with Gasteiger partial charge in [-0.25, -0.2) is 9.59 Å². The lowest BCUT2D eigenvalue weighted by molar-refractivity contribution is -0.147. The molecule has 4 N–H and O–H groups in total. The number of carboxylic acids is 1. The van der Waals surface area contributed by atoms with Crippen LogP contribution >= 0.6 is 0 Å². The summed E-state index contributed by atoms with van der Waals surface area (Å²) in [5.41, 5.74) is 4.58. The second-order valence-electron chi connectivity index (χ2n) is 8.90. The van der Waals surface area contributed by atoms with E-state index in [-0.39, 0.29) is 49.8 Å². The first-order chi connectivity index (χ1) is 16.9. The normalized spacial score (nSPS) is 19.8. The highest BCUT2D eigenvalue weighted by Crippen LogP contribution is 2.44. The number of ether oxygens (including phenoxy) is 2. The highest BCUT2D eigenvalue weighted by Gasteiger charge is 2.32. The minimum absolute atomic E-state index is 0.0365. The number of amides is 2. The zero-order chi connectivity index (χ0) is 24.8. The molecular weight excluding hydrogens is 452 g/mol. The maximum atomic E-state index is 12.7. The Bertz CT molecular complexity index is 1030. The SMILES string of the molecule is O=C(CC1COCCC1NC(=O)OCC1c2ccccc2-c2ccccc21)NCCC(O)C(=O)O. The number of benzene rings is 2. The van der Waals surface area contributed by atoms with Crippen LogP contribution in [-0.4, -0.2) is 66.7 Å². The average Bonchev–Trinajstić information content (AvgIpc) is 3.17. The summed E-state index contributed by atoms with van der Waals surface area (Å²) in [5, 5.41) is 23.5. The third-order valence-corrected chi connectivity index (χ3v) is 6.59. The van der Waals surface area contributed by atoms with Gasteiger partial charge in [-0.15, -0.1) is 0 Å². The number of aliphatic hydroxyl groups excluding tert-OH is 1. The van der Waals surface area contributed by atoms with Crippen molar-refractivity contribution in [3.63, 3.8) is 0 Å². The largest absolute Gasteiger partial charge is 0.479 e. The number of nitrogens with one attached hydrogen (secondary N) is 2. The first kappa shape index (κ1) is 24.7. The van der Waals surface area contributed by atoms with Crippen molar-refractivity contribution in [1.82, 2.24) is 10.6 Å². The minimum Gasteiger partial charge on any atom is -0.479 e. The highest BCUT2D eigenvalue weighted by molar-refractivity contribution is 5.79. The maximum Gasteiger partial charge on any atom is 0.407 e. The molecule has 2 aliphatic rings. The van der Waals surface area contributed by atoms with Crippen LogP contribution in [0.3, 0.4) is 0 Å². The Balaban J connectivity index is 1.29. The fourth-order valence-corrected chi connectivity index (χ4v) is 4.76. The van der Waals surface area contributed by atoms with E-state index in [1.165, 1.54) is 0 Å². The Morgan fingerprint density at radius 3 is 2.37 bits per heavy atom. The van der Waals surface area contributed by atoms with Crippen LogP contribution in [0.25, 0.3) is 11.1 Å². The zero-order valence-electron chi connectivity index (χ0n) is 19.3.